The number of rotatable bonds is 5. The van der Waals surface area contributed by atoms with Gasteiger partial charge in [0, 0.05) is 6.61 Å². The highest BCUT2D eigenvalue weighted by Gasteiger charge is 2.09. The van der Waals surface area contributed by atoms with E-state index in [1.807, 2.05) is 0 Å². The minimum absolute atomic E-state index is 0.0954. The average molecular weight is 172 g/mol. The van der Waals surface area contributed by atoms with Crippen molar-refractivity contribution in [3.05, 3.63) is 0 Å². The molecule has 0 fully saturated rings. The van der Waals surface area contributed by atoms with Gasteiger partial charge in [0.25, 0.3) is 10.1 Å². The van der Waals surface area contributed by atoms with E-state index in [1.54, 1.807) is 0 Å². The lowest BCUT2D eigenvalue weighted by Gasteiger charge is -1.94. The van der Waals surface area contributed by atoms with Crippen LogP contribution in [-0.2, 0) is 14.5 Å². The number of halogens is 1. The first-order chi connectivity index (χ1) is 4.62. The summed E-state index contributed by atoms with van der Waals surface area (Å²) in [6, 6.07) is 0. The summed E-state index contributed by atoms with van der Waals surface area (Å²) in [7, 11) is -3.97. The third-order valence-electron chi connectivity index (χ3n) is 0.898. The fraction of sp³-hybridized carbons (Fsp3) is 1.00. The topological polar surface area (TPSA) is 63.6 Å². The lowest BCUT2D eigenvalue weighted by molar-refractivity contribution is 0.00285. The Morgan fingerprint density at radius 2 is 2.00 bits per heavy atom. The van der Waals surface area contributed by atoms with Gasteiger partial charge in [0.2, 0.25) is 0 Å². The van der Waals surface area contributed by atoms with Gasteiger partial charge < -0.3 is 5.11 Å². The molecule has 10 heavy (non-hydrogen) atoms. The Kier molecular flexibility index (Phi) is 4.50. The molecule has 0 aliphatic rings. The number of aliphatic hydroxyl groups is 1. The van der Waals surface area contributed by atoms with Gasteiger partial charge in [-0.3, -0.25) is 0 Å². The van der Waals surface area contributed by atoms with Gasteiger partial charge in [0.1, 0.15) is 0 Å². The maximum absolute atomic E-state index is 11.0. The summed E-state index contributed by atoms with van der Waals surface area (Å²) in [5.74, 6) is -0.385. The van der Waals surface area contributed by atoms with Gasteiger partial charge in [0.05, 0.1) is 5.75 Å². The van der Waals surface area contributed by atoms with Crippen LogP contribution >= 0.6 is 0 Å². The monoisotopic (exact) mass is 172 g/mol. The van der Waals surface area contributed by atoms with E-state index < -0.39 is 10.1 Å². The van der Waals surface area contributed by atoms with E-state index in [0.29, 0.717) is 6.42 Å². The Hall–Kier alpha value is -0.200. The molecule has 0 saturated heterocycles. The van der Waals surface area contributed by atoms with E-state index in [1.165, 1.54) is 0 Å². The highest BCUT2D eigenvalue weighted by molar-refractivity contribution is 7.86. The van der Waals surface area contributed by atoms with Crippen LogP contribution < -0.4 is 0 Å². The standard InChI is InChI=1S/C4H9FO4S/c5-9-10(7,8)4-2-1-3-6/h6H,1-4H2. The number of hydrogen-bond acceptors (Lipinski definition) is 4. The summed E-state index contributed by atoms with van der Waals surface area (Å²) in [5, 5.41) is 8.21. The van der Waals surface area contributed by atoms with Gasteiger partial charge in [-0.2, -0.15) is 8.42 Å². The normalized spacial score (nSPS) is 11.8. The van der Waals surface area contributed by atoms with Gasteiger partial charge in [-0.15, -0.1) is 0 Å². The molecule has 1 N–H and O–H groups in total. The van der Waals surface area contributed by atoms with Gasteiger partial charge in [0.15, 0.2) is 0 Å². The van der Waals surface area contributed by atoms with Crippen LogP contribution in [0.1, 0.15) is 12.8 Å². The van der Waals surface area contributed by atoms with Crippen LogP contribution in [-0.4, -0.2) is 25.9 Å². The van der Waals surface area contributed by atoms with Gasteiger partial charge in [-0.05, 0) is 17.4 Å². The van der Waals surface area contributed by atoms with Crippen LogP contribution in [0.4, 0.5) is 4.53 Å². The number of hydrogen-bond donors (Lipinski definition) is 1. The van der Waals surface area contributed by atoms with E-state index in [-0.39, 0.29) is 18.8 Å². The summed E-state index contributed by atoms with van der Waals surface area (Å²) in [6.45, 7) is -0.0954. The molecule has 0 aliphatic heterocycles. The zero-order valence-corrected chi connectivity index (χ0v) is 6.10. The largest absolute Gasteiger partial charge is 0.396 e. The maximum atomic E-state index is 11.0. The molecule has 0 unspecified atom stereocenters. The fourth-order valence-corrected chi connectivity index (χ4v) is 1.04. The zero-order chi connectivity index (χ0) is 8.04. The molecule has 6 heteroatoms. The van der Waals surface area contributed by atoms with E-state index in [4.69, 9.17) is 5.11 Å². The van der Waals surface area contributed by atoms with Crippen LogP contribution in [0.25, 0.3) is 0 Å². The smallest absolute Gasteiger partial charge is 0.297 e. The third kappa shape index (κ3) is 4.66. The van der Waals surface area contributed by atoms with Crippen LogP contribution in [0.5, 0.6) is 0 Å². The van der Waals surface area contributed by atoms with Crippen molar-refractivity contribution in [2.45, 2.75) is 12.8 Å². The molecule has 62 valence electrons. The molecule has 0 aromatic carbocycles. The average Bonchev–Trinajstić information content (AvgIpc) is 1.89. The second-order valence-electron chi connectivity index (χ2n) is 1.76. The minimum atomic E-state index is -3.97. The van der Waals surface area contributed by atoms with Gasteiger partial charge >= 0.3 is 0 Å². The lowest BCUT2D eigenvalue weighted by Crippen LogP contribution is -2.06. The Balaban J connectivity index is 3.49. The number of aliphatic hydroxyl groups excluding tert-OH is 1. The lowest BCUT2D eigenvalue weighted by atomic mass is 10.4. The quantitative estimate of drug-likeness (QED) is 0.592. The van der Waals surface area contributed by atoms with Crippen molar-refractivity contribution in [2.24, 2.45) is 0 Å². The molecule has 0 heterocycles. The second-order valence-corrected chi connectivity index (χ2v) is 3.41. The number of unbranched alkanes of at least 4 members (excludes halogenated alkanes) is 1. The molecular weight excluding hydrogens is 163 g/mol. The van der Waals surface area contributed by atoms with Gasteiger partial charge in [-0.25, -0.2) is 0 Å². The Labute approximate surface area is 58.6 Å². The van der Waals surface area contributed by atoms with E-state index in [9.17, 15) is 12.9 Å². The van der Waals surface area contributed by atoms with Crippen molar-refractivity contribution in [2.75, 3.05) is 12.4 Å². The highest BCUT2D eigenvalue weighted by Crippen LogP contribution is 1.98. The van der Waals surface area contributed by atoms with E-state index >= 15 is 0 Å². The van der Waals surface area contributed by atoms with Crippen LogP contribution in [0, 0.1) is 0 Å². The first-order valence-corrected chi connectivity index (χ1v) is 4.34. The SMILES string of the molecule is O=S(=O)(CCCCO)OF. The van der Waals surface area contributed by atoms with E-state index in [2.05, 4.69) is 4.39 Å². The summed E-state index contributed by atoms with van der Waals surface area (Å²) < 4.78 is 34.1. The summed E-state index contributed by atoms with van der Waals surface area (Å²) >= 11 is 0. The van der Waals surface area contributed by atoms with E-state index in [0.717, 1.165) is 0 Å². The first kappa shape index (κ1) is 9.80. The molecule has 0 spiro atoms. The molecule has 4 nitrogen and oxygen atoms in total. The van der Waals surface area contributed by atoms with Crippen LogP contribution in [0.2, 0.25) is 0 Å². The van der Waals surface area contributed by atoms with Crippen molar-refractivity contribution >= 4 is 10.1 Å². The Bertz CT molecular complexity index is 164. The Morgan fingerprint density at radius 3 is 2.40 bits per heavy atom. The fourth-order valence-electron chi connectivity index (χ4n) is 0.422. The predicted molar refractivity (Wildman–Crippen MR) is 32.3 cm³/mol. The molecule has 0 aromatic heterocycles. The predicted octanol–water partition coefficient (Wildman–Crippen LogP) is -0.0102. The minimum Gasteiger partial charge on any atom is -0.396 e. The van der Waals surface area contributed by atoms with Crippen molar-refractivity contribution in [3.63, 3.8) is 0 Å². The van der Waals surface area contributed by atoms with Crippen molar-refractivity contribution < 1.29 is 22.4 Å². The van der Waals surface area contributed by atoms with Crippen LogP contribution in [0.3, 0.4) is 0 Å². The van der Waals surface area contributed by atoms with Crippen LogP contribution in [0.15, 0.2) is 0 Å². The third-order valence-corrected chi connectivity index (χ3v) is 1.88. The van der Waals surface area contributed by atoms with Crippen molar-refractivity contribution in [1.82, 2.24) is 0 Å². The Morgan fingerprint density at radius 1 is 1.40 bits per heavy atom. The van der Waals surface area contributed by atoms with Gasteiger partial charge in [-0.1, -0.05) is 4.39 Å². The highest BCUT2D eigenvalue weighted by atomic mass is 32.2. The summed E-state index contributed by atoms with van der Waals surface area (Å²) in [4.78, 5) is 0. The molecule has 0 rings (SSSR count). The molecule has 0 saturated carbocycles. The molecular formula is C4H9FO4S. The molecule has 0 atom stereocenters. The first-order valence-electron chi connectivity index (χ1n) is 2.76. The summed E-state index contributed by atoms with van der Waals surface area (Å²) in [5.41, 5.74) is 0. The molecule has 0 aromatic rings. The molecule has 0 amide bonds. The summed E-state index contributed by atoms with van der Waals surface area (Å²) in [6.07, 6.45) is 0.547. The molecule has 0 bridgehead atoms. The zero-order valence-electron chi connectivity index (χ0n) is 5.29. The maximum Gasteiger partial charge on any atom is 0.297 e. The molecule has 0 radical (unpaired) electrons. The second kappa shape index (κ2) is 4.59. The van der Waals surface area contributed by atoms with Crippen molar-refractivity contribution in [3.8, 4) is 0 Å². The molecule has 0 aliphatic carbocycles. The van der Waals surface area contributed by atoms with Crippen molar-refractivity contribution in [1.29, 1.82) is 0 Å².